The fourth-order valence-electron chi connectivity index (χ4n) is 3.36. The largest absolute Gasteiger partial charge is 0.396 e. The Balaban J connectivity index is 1.44. The molecule has 110 valence electrons. The molecular formula is C17H25NO2. The summed E-state index contributed by atoms with van der Waals surface area (Å²) in [6.07, 6.45) is 5.01. The van der Waals surface area contributed by atoms with Gasteiger partial charge in [-0.1, -0.05) is 30.3 Å². The molecule has 2 aliphatic rings. The highest BCUT2D eigenvalue weighted by Crippen LogP contribution is 2.33. The molecule has 0 aromatic heterocycles. The Bertz CT molecular complexity index is 403. The van der Waals surface area contributed by atoms with Crippen LogP contribution in [0.25, 0.3) is 0 Å². The van der Waals surface area contributed by atoms with E-state index in [2.05, 4.69) is 35.6 Å². The van der Waals surface area contributed by atoms with E-state index >= 15 is 0 Å². The molecule has 3 nitrogen and oxygen atoms in total. The van der Waals surface area contributed by atoms with Crippen LogP contribution in [0.5, 0.6) is 0 Å². The van der Waals surface area contributed by atoms with Crippen LogP contribution < -0.4 is 5.32 Å². The van der Waals surface area contributed by atoms with Crippen LogP contribution in [0.15, 0.2) is 30.3 Å². The van der Waals surface area contributed by atoms with Crippen LogP contribution >= 0.6 is 0 Å². The number of aliphatic hydroxyl groups is 1. The van der Waals surface area contributed by atoms with Gasteiger partial charge in [-0.3, -0.25) is 0 Å². The van der Waals surface area contributed by atoms with E-state index in [1.165, 1.54) is 31.2 Å². The molecule has 20 heavy (non-hydrogen) atoms. The molecule has 1 saturated heterocycles. The molecule has 1 aromatic carbocycles. The van der Waals surface area contributed by atoms with E-state index in [0.717, 1.165) is 12.5 Å². The lowest BCUT2D eigenvalue weighted by molar-refractivity contribution is -0.135. The monoisotopic (exact) mass is 275 g/mol. The second-order valence-electron chi connectivity index (χ2n) is 6.49. The second-order valence-corrected chi connectivity index (χ2v) is 6.49. The summed E-state index contributed by atoms with van der Waals surface area (Å²) in [4.78, 5) is 0. The molecule has 0 spiro atoms. The summed E-state index contributed by atoms with van der Waals surface area (Å²) in [5.74, 6) is 0.730. The Kier molecular flexibility index (Phi) is 4.39. The first-order valence-electron chi connectivity index (χ1n) is 7.78. The van der Waals surface area contributed by atoms with Crippen LogP contribution in [0.3, 0.4) is 0 Å². The van der Waals surface area contributed by atoms with Crippen LogP contribution in [0.1, 0.15) is 37.2 Å². The first-order chi connectivity index (χ1) is 9.81. The molecule has 2 fully saturated rings. The average Bonchev–Trinajstić information content (AvgIpc) is 2.48. The van der Waals surface area contributed by atoms with E-state index < -0.39 is 0 Å². The molecular weight excluding hydrogens is 250 g/mol. The van der Waals surface area contributed by atoms with Crippen LogP contribution in [0.2, 0.25) is 0 Å². The van der Waals surface area contributed by atoms with Gasteiger partial charge in [0.2, 0.25) is 0 Å². The lowest BCUT2D eigenvalue weighted by Crippen LogP contribution is -2.54. The minimum absolute atomic E-state index is 0.00369. The lowest BCUT2D eigenvalue weighted by Gasteiger charge is -2.41. The third-order valence-electron chi connectivity index (χ3n) is 4.92. The maximum Gasteiger partial charge on any atom is 0.0579 e. The second kappa shape index (κ2) is 6.25. The van der Waals surface area contributed by atoms with Gasteiger partial charge in [-0.15, -0.1) is 0 Å². The van der Waals surface area contributed by atoms with Gasteiger partial charge in [0.25, 0.3) is 0 Å². The van der Waals surface area contributed by atoms with Crippen molar-refractivity contribution in [2.75, 3.05) is 26.4 Å². The molecule has 0 amide bonds. The predicted molar refractivity (Wildman–Crippen MR) is 79.8 cm³/mol. The molecule has 1 aliphatic heterocycles. The van der Waals surface area contributed by atoms with Crippen molar-refractivity contribution in [2.45, 2.75) is 37.6 Å². The van der Waals surface area contributed by atoms with Crippen molar-refractivity contribution in [1.29, 1.82) is 0 Å². The molecule has 0 radical (unpaired) electrons. The highest BCUT2D eigenvalue weighted by molar-refractivity contribution is 5.20. The minimum atomic E-state index is -0.00369. The van der Waals surface area contributed by atoms with Gasteiger partial charge in [0.05, 0.1) is 25.2 Å². The standard InChI is InChI=1S/C17H25NO2/c19-11-17(12-20-13-17)10-18-16-8-6-15(7-9-16)14-4-2-1-3-5-14/h1-5,15-16,18-19H,6-13H2. The first-order valence-corrected chi connectivity index (χ1v) is 7.78. The maximum atomic E-state index is 9.44. The molecule has 0 atom stereocenters. The maximum absolute atomic E-state index is 9.44. The van der Waals surface area contributed by atoms with Crippen LogP contribution in [0.4, 0.5) is 0 Å². The van der Waals surface area contributed by atoms with E-state index in [-0.39, 0.29) is 12.0 Å². The van der Waals surface area contributed by atoms with Gasteiger partial charge in [-0.05, 0) is 37.2 Å². The summed E-state index contributed by atoms with van der Waals surface area (Å²) in [7, 11) is 0. The Morgan fingerprint density at radius 1 is 1.10 bits per heavy atom. The number of hydrogen-bond acceptors (Lipinski definition) is 3. The van der Waals surface area contributed by atoms with E-state index in [1.807, 2.05) is 0 Å². The number of rotatable bonds is 5. The summed E-state index contributed by atoms with van der Waals surface area (Å²) in [6.45, 7) is 2.54. The molecule has 1 aromatic rings. The van der Waals surface area contributed by atoms with Gasteiger partial charge in [0.1, 0.15) is 0 Å². The SMILES string of the molecule is OCC1(CNC2CCC(c3ccccc3)CC2)COC1. The molecule has 1 heterocycles. The first kappa shape index (κ1) is 14.1. The van der Waals surface area contributed by atoms with E-state index in [9.17, 15) is 5.11 Å². The quantitative estimate of drug-likeness (QED) is 0.866. The van der Waals surface area contributed by atoms with Gasteiger partial charge >= 0.3 is 0 Å². The summed E-state index contributed by atoms with van der Waals surface area (Å²) in [5, 5.41) is 13.1. The predicted octanol–water partition coefficient (Wildman–Crippen LogP) is 2.31. The number of nitrogens with one attached hydrogen (secondary N) is 1. The number of ether oxygens (including phenoxy) is 1. The van der Waals surface area contributed by atoms with Crippen molar-refractivity contribution in [3.05, 3.63) is 35.9 Å². The molecule has 0 unspecified atom stereocenters. The zero-order chi connectivity index (χ0) is 13.8. The fourth-order valence-corrected chi connectivity index (χ4v) is 3.36. The molecule has 3 rings (SSSR count). The Morgan fingerprint density at radius 3 is 2.35 bits per heavy atom. The third kappa shape index (κ3) is 3.05. The zero-order valence-corrected chi connectivity index (χ0v) is 12.1. The third-order valence-corrected chi connectivity index (χ3v) is 4.92. The van der Waals surface area contributed by atoms with Crippen molar-refractivity contribution in [3.8, 4) is 0 Å². The van der Waals surface area contributed by atoms with Gasteiger partial charge in [-0.2, -0.15) is 0 Å². The van der Waals surface area contributed by atoms with Crippen LogP contribution in [-0.4, -0.2) is 37.5 Å². The summed E-state index contributed by atoms with van der Waals surface area (Å²) in [5.41, 5.74) is 1.49. The molecule has 0 bridgehead atoms. The Morgan fingerprint density at radius 2 is 1.80 bits per heavy atom. The van der Waals surface area contributed by atoms with Crippen molar-refractivity contribution in [3.63, 3.8) is 0 Å². The minimum Gasteiger partial charge on any atom is -0.396 e. The summed E-state index contributed by atoms with van der Waals surface area (Å²) in [6, 6.07) is 11.5. The molecule has 2 N–H and O–H groups in total. The smallest absolute Gasteiger partial charge is 0.0579 e. The van der Waals surface area contributed by atoms with Gasteiger partial charge in [-0.25, -0.2) is 0 Å². The number of benzene rings is 1. The van der Waals surface area contributed by atoms with Crippen molar-refractivity contribution < 1.29 is 9.84 Å². The van der Waals surface area contributed by atoms with Crippen LogP contribution in [0, 0.1) is 5.41 Å². The lowest BCUT2D eigenvalue weighted by atomic mass is 9.81. The topological polar surface area (TPSA) is 41.5 Å². The molecule has 1 saturated carbocycles. The Labute approximate surface area is 121 Å². The van der Waals surface area contributed by atoms with Crippen molar-refractivity contribution in [2.24, 2.45) is 5.41 Å². The van der Waals surface area contributed by atoms with E-state index in [4.69, 9.17) is 4.74 Å². The van der Waals surface area contributed by atoms with E-state index in [0.29, 0.717) is 19.3 Å². The zero-order valence-electron chi connectivity index (χ0n) is 12.1. The van der Waals surface area contributed by atoms with Gasteiger partial charge in [0.15, 0.2) is 0 Å². The van der Waals surface area contributed by atoms with Crippen molar-refractivity contribution in [1.82, 2.24) is 5.32 Å². The van der Waals surface area contributed by atoms with E-state index in [1.54, 1.807) is 0 Å². The van der Waals surface area contributed by atoms with Gasteiger partial charge < -0.3 is 15.2 Å². The molecule has 3 heteroatoms. The van der Waals surface area contributed by atoms with Crippen molar-refractivity contribution >= 4 is 0 Å². The van der Waals surface area contributed by atoms with Gasteiger partial charge in [0, 0.05) is 12.6 Å². The Hall–Kier alpha value is -0.900. The molecule has 1 aliphatic carbocycles. The number of hydrogen-bond donors (Lipinski definition) is 2. The highest BCUT2D eigenvalue weighted by atomic mass is 16.5. The number of aliphatic hydroxyl groups excluding tert-OH is 1. The average molecular weight is 275 g/mol. The highest BCUT2D eigenvalue weighted by Gasteiger charge is 2.38. The fraction of sp³-hybridized carbons (Fsp3) is 0.647. The van der Waals surface area contributed by atoms with Crippen LogP contribution in [-0.2, 0) is 4.74 Å². The summed E-state index contributed by atoms with van der Waals surface area (Å²) >= 11 is 0. The normalized spacial score (nSPS) is 28.9. The summed E-state index contributed by atoms with van der Waals surface area (Å²) < 4.78 is 5.24.